The lowest BCUT2D eigenvalue weighted by molar-refractivity contribution is 0.123. The summed E-state index contributed by atoms with van der Waals surface area (Å²) in [5, 5.41) is 9.72. The van der Waals surface area contributed by atoms with Crippen molar-refractivity contribution in [2.45, 2.75) is 32.3 Å². The summed E-state index contributed by atoms with van der Waals surface area (Å²) < 4.78 is 5.68. The van der Waals surface area contributed by atoms with Crippen molar-refractivity contribution in [3.63, 3.8) is 0 Å². The number of phenols is 1. The van der Waals surface area contributed by atoms with Gasteiger partial charge in [-0.2, -0.15) is 0 Å². The number of para-hydroxylation sites is 1. The third-order valence-corrected chi connectivity index (χ3v) is 2.93. The van der Waals surface area contributed by atoms with Crippen LogP contribution < -0.4 is 0 Å². The molecule has 0 bridgehead atoms. The van der Waals surface area contributed by atoms with Crippen LogP contribution in [0, 0.1) is 0 Å². The van der Waals surface area contributed by atoms with Crippen molar-refractivity contribution in [2.24, 2.45) is 0 Å². The first-order valence-electron chi connectivity index (χ1n) is 5.90. The lowest BCUT2D eigenvalue weighted by Gasteiger charge is -2.09. The third-order valence-electron chi connectivity index (χ3n) is 2.93. The average Bonchev–Trinajstić information content (AvgIpc) is 2.75. The van der Waals surface area contributed by atoms with E-state index in [1.165, 1.54) is 18.4 Å². The Bertz CT molecular complexity index is 382. The summed E-state index contributed by atoms with van der Waals surface area (Å²) in [6.07, 6.45) is 5.61. The number of unbranched alkanes of at least 4 members (excludes halogenated alkanes) is 1. The van der Waals surface area contributed by atoms with Gasteiger partial charge in [0, 0.05) is 5.56 Å². The molecule has 16 heavy (non-hydrogen) atoms. The lowest BCUT2D eigenvalue weighted by Crippen LogP contribution is -1.95. The molecule has 2 rings (SSSR count). The Morgan fingerprint density at radius 2 is 2.19 bits per heavy atom. The molecular weight excluding hydrogens is 200 g/mol. The van der Waals surface area contributed by atoms with E-state index in [0.29, 0.717) is 12.4 Å². The molecule has 0 radical (unpaired) electrons. The Hall–Kier alpha value is -1.28. The molecule has 0 spiro atoms. The molecular formula is C14H18O2. The molecule has 0 amide bonds. The van der Waals surface area contributed by atoms with Crippen molar-refractivity contribution < 1.29 is 9.84 Å². The zero-order valence-corrected chi connectivity index (χ0v) is 9.65. The molecule has 1 atom stereocenters. The van der Waals surface area contributed by atoms with Crippen LogP contribution in [0.1, 0.15) is 37.9 Å². The van der Waals surface area contributed by atoms with E-state index < -0.39 is 0 Å². The normalized spacial score (nSPS) is 19.8. The molecule has 0 aliphatic carbocycles. The van der Waals surface area contributed by atoms with Gasteiger partial charge in [-0.15, -0.1) is 0 Å². The second-order valence-corrected chi connectivity index (χ2v) is 4.22. The van der Waals surface area contributed by atoms with E-state index in [1.54, 1.807) is 6.07 Å². The van der Waals surface area contributed by atoms with Crippen molar-refractivity contribution >= 4 is 0 Å². The van der Waals surface area contributed by atoms with Gasteiger partial charge in [-0.05, 0) is 30.6 Å². The van der Waals surface area contributed by atoms with Crippen molar-refractivity contribution in [3.8, 4) is 5.75 Å². The Labute approximate surface area is 96.6 Å². The molecule has 1 aliphatic rings. The minimum atomic E-state index is -0.0620. The van der Waals surface area contributed by atoms with E-state index in [0.717, 1.165) is 12.0 Å². The summed E-state index contributed by atoms with van der Waals surface area (Å²) in [6, 6.07) is 7.38. The second-order valence-electron chi connectivity index (χ2n) is 4.22. The van der Waals surface area contributed by atoms with Crippen LogP contribution in [0.4, 0.5) is 0 Å². The van der Waals surface area contributed by atoms with Crippen molar-refractivity contribution in [3.05, 3.63) is 41.5 Å². The minimum Gasteiger partial charge on any atom is -0.508 e. The van der Waals surface area contributed by atoms with Crippen molar-refractivity contribution in [1.29, 1.82) is 0 Å². The first-order valence-corrected chi connectivity index (χ1v) is 5.90. The van der Waals surface area contributed by atoms with Gasteiger partial charge in [0.2, 0.25) is 0 Å². The molecule has 2 heteroatoms. The maximum atomic E-state index is 9.72. The number of hydrogen-bond donors (Lipinski definition) is 1. The number of ether oxygens (including phenoxy) is 1. The molecule has 1 heterocycles. The predicted octanol–water partition coefficient (Wildman–Crippen LogP) is 3.58. The van der Waals surface area contributed by atoms with Crippen LogP contribution in [0.5, 0.6) is 5.75 Å². The molecule has 0 fully saturated rings. The van der Waals surface area contributed by atoms with Gasteiger partial charge in [-0.3, -0.25) is 0 Å². The van der Waals surface area contributed by atoms with E-state index in [4.69, 9.17) is 4.74 Å². The zero-order valence-electron chi connectivity index (χ0n) is 9.65. The van der Waals surface area contributed by atoms with Gasteiger partial charge in [-0.1, -0.05) is 31.5 Å². The summed E-state index contributed by atoms with van der Waals surface area (Å²) >= 11 is 0. The molecule has 1 unspecified atom stereocenters. The van der Waals surface area contributed by atoms with Crippen LogP contribution in [0.15, 0.2) is 35.9 Å². The first-order chi connectivity index (χ1) is 7.81. The fourth-order valence-corrected chi connectivity index (χ4v) is 1.97. The smallest absolute Gasteiger partial charge is 0.121 e. The largest absolute Gasteiger partial charge is 0.508 e. The molecule has 1 aromatic carbocycles. The molecule has 2 nitrogen and oxygen atoms in total. The fraction of sp³-hybridized carbons (Fsp3) is 0.429. The van der Waals surface area contributed by atoms with Crippen LogP contribution >= 0.6 is 0 Å². The highest BCUT2D eigenvalue weighted by atomic mass is 16.5. The minimum absolute atomic E-state index is 0.0620. The summed E-state index contributed by atoms with van der Waals surface area (Å²) in [7, 11) is 0. The van der Waals surface area contributed by atoms with E-state index in [9.17, 15) is 5.11 Å². The Balaban J connectivity index is 2.07. The van der Waals surface area contributed by atoms with Gasteiger partial charge < -0.3 is 9.84 Å². The average molecular weight is 218 g/mol. The monoisotopic (exact) mass is 218 g/mol. The third kappa shape index (κ3) is 2.45. The Kier molecular flexibility index (Phi) is 3.62. The molecule has 0 saturated carbocycles. The van der Waals surface area contributed by atoms with E-state index in [1.807, 2.05) is 18.2 Å². The fourth-order valence-electron chi connectivity index (χ4n) is 1.97. The molecule has 1 aliphatic heterocycles. The molecule has 0 aromatic heterocycles. The quantitative estimate of drug-likeness (QED) is 0.783. The van der Waals surface area contributed by atoms with Gasteiger partial charge in [0.05, 0.1) is 6.61 Å². The maximum absolute atomic E-state index is 9.72. The van der Waals surface area contributed by atoms with E-state index >= 15 is 0 Å². The second kappa shape index (κ2) is 5.17. The molecule has 1 N–H and O–H groups in total. The van der Waals surface area contributed by atoms with Gasteiger partial charge in [0.1, 0.15) is 11.9 Å². The zero-order chi connectivity index (χ0) is 11.4. The van der Waals surface area contributed by atoms with Gasteiger partial charge in [0.25, 0.3) is 0 Å². The SMILES string of the molecule is CCCCC1=CC(c2ccccc2O)OC1. The summed E-state index contributed by atoms with van der Waals surface area (Å²) in [4.78, 5) is 0. The van der Waals surface area contributed by atoms with Crippen LogP contribution in [-0.2, 0) is 4.74 Å². The topological polar surface area (TPSA) is 29.5 Å². The number of benzene rings is 1. The summed E-state index contributed by atoms with van der Waals surface area (Å²) in [6.45, 7) is 2.90. The first kappa shape index (κ1) is 11.2. The summed E-state index contributed by atoms with van der Waals surface area (Å²) in [5.41, 5.74) is 2.23. The molecule has 0 saturated heterocycles. The van der Waals surface area contributed by atoms with Gasteiger partial charge in [-0.25, -0.2) is 0 Å². The lowest BCUT2D eigenvalue weighted by atomic mass is 10.1. The van der Waals surface area contributed by atoms with E-state index in [2.05, 4.69) is 13.0 Å². The highest BCUT2D eigenvalue weighted by Gasteiger charge is 2.19. The highest BCUT2D eigenvalue weighted by molar-refractivity contribution is 5.37. The number of hydrogen-bond acceptors (Lipinski definition) is 2. The Morgan fingerprint density at radius 1 is 1.38 bits per heavy atom. The number of aromatic hydroxyl groups is 1. The maximum Gasteiger partial charge on any atom is 0.121 e. The molecule has 86 valence electrons. The van der Waals surface area contributed by atoms with Crippen LogP contribution in [0.25, 0.3) is 0 Å². The van der Waals surface area contributed by atoms with Crippen LogP contribution in [-0.4, -0.2) is 11.7 Å². The van der Waals surface area contributed by atoms with Crippen LogP contribution in [0.3, 0.4) is 0 Å². The summed E-state index contributed by atoms with van der Waals surface area (Å²) in [5.74, 6) is 0.320. The highest BCUT2D eigenvalue weighted by Crippen LogP contribution is 2.33. The molecule has 1 aromatic rings. The van der Waals surface area contributed by atoms with Crippen molar-refractivity contribution in [1.82, 2.24) is 0 Å². The van der Waals surface area contributed by atoms with E-state index in [-0.39, 0.29) is 6.10 Å². The van der Waals surface area contributed by atoms with Gasteiger partial charge >= 0.3 is 0 Å². The number of phenolic OH excluding ortho intramolecular Hbond substituents is 1. The predicted molar refractivity (Wildman–Crippen MR) is 64.4 cm³/mol. The van der Waals surface area contributed by atoms with Crippen molar-refractivity contribution in [2.75, 3.05) is 6.61 Å². The number of rotatable bonds is 4. The Morgan fingerprint density at radius 3 is 2.94 bits per heavy atom. The standard InChI is InChI=1S/C14H18O2/c1-2-3-6-11-9-14(16-10-11)12-7-4-5-8-13(12)15/h4-5,7-9,14-15H,2-3,6,10H2,1H3. The van der Waals surface area contributed by atoms with Gasteiger partial charge in [0.15, 0.2) is 0 Å². The van der Waals surface area contributed by atoms with Crippen LogP contribution in [0.2, 0.25) is 0 Å².